The predicted molar refractivity (Wildman–Crippen MR) is 138 cm³/mol. The molecule has 0 spiro atoms. The number of amides is 1. The van der Waals surface area contributed by atoms with E-state index in [9.17, 15) is 4.79 Å². The molecule has 34 heavy (non-hydrogen) atoms. The van der Waals surface area contributed by atoms with Crippen LogP contribution in [0.15, 0.2) is 54.6 Å². The van der Waals surface area contributed by atoms with Gasteiger partial charge in [0.05, 0.1) is 24.6 Å². The van der Waals surface area contributed by atoms with Gasteiger partial charge in [-0.25, -0.2) is 0 Å². The van der Waals surface area contributed by atoms with Gasteiger partial charge in [-0.3, -0.25) is 14.3 Å². The Kier molecular flexibility index (Phi) is 5.84. The quantitative estimate of drug-likeness (QED) is 0.569. The van der Waals surface area contributed by atoms with Gasteiger partial charge in [0.25, 0.3) is 5.91 Å². The van der Waals surface area contributed by atoms with Crippen molar-refractivity contribution in [3.8, 4) is 0 Å². The number of likely N-dealkylation sites (tertiary alicyclic amines) is 1. The third kappa shape index (κ3) is 3.81. The molecule has 0 atom stereocenters. The number of hydrogen-bond donors (Lipinski definition) is 1. The molecule has 1 aromatic heterocycles. The molecule has 3 aliphatic heterocycles. The lowest BCUT2D eigenvalue weighted by atomic mass is 9.92. The van der Waals surface area contributed by atoms with E-state index >= 15 is 0 Å². The maximum Gasteiger partial charge on any atom is 0.260 e. The Morgan fingerprint density at radius 3 is 2.62 bits per heavy atom. The van der Waals surface area contributed by atoms with Gasteiger partial charge in [-0.15, -0.1) is 0 Å². The number of aromatic nitrogens is 1. The van der Waals surface area contributed by atoms with Crippen LogP contribution >= 0.6 is 0 Å². The average Bonchev–Trinajstić information content (AvgIpc) is 3.23. The zero-order valence-electron chi connectivity index (χ0n) is 20.0. The summed E-state index contributed by atoms with van der Waals surface area (Å²) in [5.74, 6) is 0.225. The summed E-state index contributed by atoms with van der Waals surface area (Å²) < 4.78 is 1.02. The Labute approximate surface area is 202 Å². The SMILES string of the molecule is O=C1c2c(cccc2[N+]2(C3CCNCC3)CCCCC2)CN1CCc1ccc2ccccc2n1. The number of rotatable bonds is 5. The van der Waals surface area contributed by atoms with E-state index in [1.807, 2.05) is 17.0 Å². The van der Waals surface area contributed by atoms with Crippen LogP contribution in [0.3, 0.4) is 0 Å². The van der Waals surface area contributed by atoms with Crippen molar-refractivity contribution in [3.05, 3.63) is 71.4 Å². The first-order chi connectivity index (χ1) is 16.7. The number of pyridine rings is 1. The molecule has 4 heterocycles. The lowest BCUT2D eigenvalue weighted by Crippen LogP contribution is -2.62. The monoisotopic (exact) mass is 455 g/mol. The molecule has 5 nitrogen and oxygen atoms in total. The summed E-state index contributed by atoms with van der Waals surface area (Å²) in [4.78, 5) is 20.7. The van der Waals surface area contributed by atoms with Gasteiger partial charge < -0.3 is 10.2 Å². The largest absolute Gasteiger partial charge is 0.334 e. The number of carbonyl (C=O) groups excluding carboxylic acids is 1. The number of fused-ring (bicyclic) bond motifs is 2. The van der Waals surface area contributed by atoms with Crippen LogP contribution < -0.4 is 9.80 Å². The molecule has 3 aliphatic rings. The fourth-order valence-corrected chi connectivity index (χ4v) is 6.63. The minimum absolute atomic E-state index is 0.225. The molecule has 5 heteroatoms. The van der Waals surface area contributed by atoms with Crippen molar-refractivity contribution >= 4 is 22.5 Å². The van der Waals surface area contributed by atoms with Gasteiger partial charge in [0.1, 0.15) is 11.3 Å². The molecule has 0 unspecified atom stereocenters. The summed E-state index contributed by atoms with van der Waals surface area (Å²) >= 11 is 0. The van der Waals surface area contributed by atoms with E-state index in [-0.39, 0.29) is 5.91 Å². The summed E-state index contributed by atoms with van der Waals surface area (Å²) in [7, 11) is 0. The number of quaternary nitrogens is 1. The molecule has 1 amide bonds. The summed E-state index contributed by atoms with van der Waals surface area (Å²) in [5, 5.41) is 4.70. The molecule has 0 aliphatic carbocycles. The number of carbonyl (C=O) groups is 1. The van der Waals surface area contributed by atoms with Gasteiger partial charge in [-0.05, 0) is 43.0 Å². The zero-order chi connectivity index (χ0) is 23.0. The van der Waals surface area contributed by atoms with Gasteiger partial charge in [0, 0.05) is 56.5 Å². The fourth-order valence-electron chi connectivity index (χ4n) is 6.63. The van der Waals surface area contributed by atoms with Gasteiger partial charge in [0.15, 0.2) is 0 Å². The topological polar surface area (TPSA) is 45.2 Å². The van der Waals surface area contributed by atoms with Crippen LogP contribution in [-0.4, -0.2) is 54.6 Å². The van der Waals surface area contributed by atoms with Crippen molar-refractivity contribution in [2.24, 2.45) is 0 Å². The van der Waals surface area contributed by atoms with E-state index < -0.39 is 0 Å². The second kappa shape index (κ2) is 9.12. The van der Waals surface area contributed by atoms with Crippen molar-refractivity contribution < 1.29 is 4.79 Å². The van der Waals surface area contributed by atoms with Gasteiger partial charge >= 0.3 is 0 Å². The van der Waals surface area contributed by atoms with Gasteiger partial charge in [-0.1, -0.05) is 36.4 Å². The molecular formula is C29H35N4O+. The smallest absolute Gasteiger partial charge is 0.260 e. The Balaban J connectivity index is 1.26. The van der Waals surface area contributed by atoms with E-state index in [1.165, 1.54) is 56.4 Å². The van der Waals surface area contributed by atoms with Crippen LogP contribution in [0.25, 0.3) is 10.9 Å². The number of para-hydroxylation sites is 1. The van der Waals surface area contributed by atoms with Crippen molar-refractivity contribution in [1.82, 2.24) is 19.7 Å². The molecule has 2 fully saturated rings. The van der Waals surface area contributed by atoms with E-state index in [2.05, 4.69) is 47.8 Å². The number of benzene rings is 2. The lowest BCUT2D eigenvalue weighted by molar-refractivity contribution is 0.0773. The van der Waals surface area contributed by atoms with Crippen molar-refractivity contribution in [2.45, 2.75) is 51.1 Å². The molecule has 0 bridgehead atoms. The van der Waals surface area contributed by atoms with Crippen LogP contribution in [0.2, 0.25) is 0 Å². The van der Waals surface area contributed by atoms with Crippen molar-refractivity contribution in [3.63, 3.8) is 0 Å². The molecule has 3 aromatic rings. The molecule has 1 N–H and O–H groups in total. The standard InChI is InChI=1S/C29H35N4O/c34-29-28-23(21-32(29)18-15-24-12-11-22-7-2-3-9-26(22)31-24)8-6-10-27(28)33(19-4-1-5-20-33)25-13-16-30-17-14-25/h2-3,6-12,25,30H,1,4-5,13-21H2/q+1. The molecule has 2 aromatic carbocycles. The van der Waals surface area contributed by atoms with Gasteiger partial charge in [-0.2, -0.15) is 0 Å². The highest BCUT2D eigenvalue weighted by molar-refractivity contribution is 6.03. The molecule has 176 valence electrons. The second-order valence-corrected chi connectivity index (χ2v) is 10.3. The number of hydrogen-bond acceptors (Lipinski definition) is 3. The predicted octanol–water partition coefficient (Wildman–Crippen LogP) is 4.68. The molecule has 6 rings (SSSR count). The highest BCUT2D eigenvalue weighted by Gasteiger charge is 2.45. The minimum Gasteiger partial charge on any atom is -0.334 e. The Hall–Kier alpha value is -2.76. The van der Waals surface area contributed by atoms with Crippen LogP contribution in [-0.2, 0) is 13.0 Å². The fraction of sp³-hybridized carbons (Fsp3) is 0.448. The third-order valence-corrected chi connectivity index (χ3v) is 8.39. The first-order valence-corrected chi connectivity index (χ1v) is 13.1. The first kappa shape index (κ1) is 21.8. The average molecular weight is 456 g/mol. The summed E-state index contributed by atoms with van der Waals surface area (Å²) in [5.41, 5.74) is 5.61. The second-order valence-electron chi connectivity index (χ2n) is 10.3. The van der Waals surface area contributed by atoms with Crippen LogP contribution in [0, 0.1) is 0 Å². The van der Waals surface area contributed by atoms with E-state index in [0.29, 0.717) is 12.6 Å². The van der Waals surface area contributed by atoms with Gasteiger partial charge in [0.2, 0.25) is 0 Å². The van der Waals surface area contributed by atoms with E-state index in [1.54, 1.807) is 0 Å². The Bertz CT molecular complexity index is 1190. The van der Waals surface area contributed by atoms with E-state index in [4.69, 9.17) is 4.98 Å². The molecule has 0 saturated carbocycles. The normalized spacial score (nSPS) is 20.6. The first-order valence-electron chi connectivity index (χ1n) is 13.1. The molecular weight excluding hydrogens is 420 g/mol. The summed E-state index contributed by atoms with van der Waals surface area (Å²) in [6.45, 7) is 5.98. The number of piperidine rings is 2. The van der Waals surface area contributed by atoms with Crippen molar-refractivity contribution in [1.29, 1.82) is 0 Å². The van der Waals surface area contributed by atoms with Crippen LogP contribution in [0.1, 0.15) is 53.7 Å². The van der Waals surface area contributed by atoms with E-state index in [0.717, 1.165) is 52.7 Å². The highest BCUT2D eigenvalue weighted by atomic mass is 16.2. The molecule has 2 saturated heterocycles. The Morgan fingerprint density at radius 1 is 0.941 bits per heavy atom. The van der Waals surface area contributed by atoms with Crippen LogP contribution in [0.5, 0.6) is 0 Å². The summed E-state index contributed by atoms with van der Waals surface area (Å²) in [6.07, 6.45) is 7.04. The maximum absolute atomic E-state index is 13.8. The Morgan fingerprint density at radius 2 is 1.76 bits per heavy atom. The number of nitrogens with zero attached hydrogens (tertiary/aromatic N) is 3. The summed E-state index contributed by atoms with van der Waals surface area (Å²) in [6, 6.07) is 19.7. The lowest BCUT2D eigenvalue weighted by Gasteiger charge is -2.48. The minimum atomic E-state index is 0.225. The number of nitrogens with one attached hydrogen (secondary N) is 1. The van der Waals surface area contributed by atoms with Crippen molar-refractivity contribution in [2.75, 3.05) is 32.7 Å². The van der Waals surface area contributed by atoms with Crippen LogP contribution in [0.4, 0.5) is 5.69 Å². The maximum atomic E-state index is 13.8. The zero-order valence-corrected chi connectivity index (χ0v) is 20.0. The molecule has 0 radical (unpaired) electrons. The highest BCUT2D eigenvalue weighted by Crippen LogP contribution is 2.41. The third-order valence-electron chi connectivity index (χ3n) is 8.39.